The van der Waals surface area contributed by atoms with E-state index in [0.717, 1.165) is 17.2 Å². The number of guanidine groups is 1. The van der Waals surface area contributed by atoms with Gasteiger partial charge in [0.25, 0.3) is 0 Å². The molecule has 0 aliphatic rings. The predicted octanol–water partition coefficient (Wildman–Crippen LogP) is 2.19. The summed E-state index contributed by atoms with van der Waals surface area (Å²) in [5.74, 6) is 2.40. The van der Waals surface area contributed by atoms with E-state index in [9.17, 15) is 4.79 Å². The Bertz CT molecular complexity index is 787. The quantitative estimate of drug-likeness (QED) is 0.333. The molecule has 0 atom stereocenters. The number of amides is 1. The first-order chi connectivity index (χ1) is 13.5. The van der Waals surface area contributed by atoms with Crippen molar-refractivity contribution < 1.29 is 4.79 Å². The number of hydrogen-bond acceptors (Lipinski definition) is 4. The molecule has 0 fully saturated rings. The van der Waals surface area contributed by atoms with Gasteiger partial charge in [0.1, 0.15) is 5.82 Å². The maximum absolute atomic E-state index is 12.5. The number of aryl methyl sites for hydroxylation is 1. The molecule has 1 heterocycles. The molecule has 1 amide bonds. The van der Waals surface area contributed by atoms with Gasteiger partial charge in [0.05, 0.1) is 19.6 Å². The van der Waals surface area contributed by atoms with Crippen LogP contribution in [0, 0.1) is 6.92 Å². The molecule has 0 spiro atoms. The van der Waals surface area contributed by atoms with Gasteiger partial charge in [0.2, 0.25) is 5.91 Å². The molecule has 0 saturated heterocycles. The number of rotatable bonds is 8. The molecular weight excluding hydrogens is 481 g/mol. The maximum atomic E-state index is 12.5. The highest BCUT2D eigenvalue weighted by Gasteiger charge is 2.16. The highest BCUT2D eigenvalue weighted by atomic mass is 127. The third-order valence-electron chi connectivity index (χ3n) is 4.69. The van der Waals surface area contributed by atoms with Crippen LogP contribution in [0.1, 0.15) is 31.1 Å². The smallest absolute Gasteiger partial charge is 0.242 e. The topological polar surface area (TPSA) is 78.7 Å². The lowest BCUT2D eigenvalue weighted by atomic mass is 10.2. The van der Waals surface area contributed by atoms with E-state index in [2.05, 4.69) is 15.5 Å². The molecule has 1 aromatic carbocycles. The Labute approximate surface area is 190 Å². The van der Waals surface area contributed by atoms with E-state index in [0.29, 0.717) is 32.1 Å². The van der Waals surface area contributed by atoms with Crippen molar-refractivity contribution in [1.82, 2.24) is 29.9 Å². The van der Waals surface area contributed by atoms with Crippen molar-refractivity contribution in [2.75, 3.05) is 26.7 Å². The number of benzene rings is 1. The minimum Gasteiger partial charge on any atom is -0.349 e. The summed E-state index contributed by atoms with van der Waals surface area (Å²) < 4.78 is 1.93. The van der Waals surface area contributed by atoms with Gasteiger partial charge < -0.3 is 19.7 Å². The Kier molecular flexibility index (Phi) is 10.6. The normalized spacial score (nSPS) is 11.0. The molecule has 29 heavy (non-hydrogen) atoms. The number of carbonyl (C=O) groups is 1. The molecule has 0 unspecified atom stereocenters. The zero-order valence-corrected chi connectivity index (χ0v) is 20.3. The van der Waals surface area contributed by atoms with Gasteiger partial charge in [-0.25, -0.2) is 4.99 Å². The summed E-state index contributed by atoms with van der Waals surface area (Å²) in [6.07, 6.45) is 0. The summed E-state index contributed by atoms with van der Waals surface area (Å²) in [6, 6.07) is 10.0. The Balaban J connectivity index is 0.00000420. The van der Waals surface area contributed by atoms with Crippen molar-refractivity contribution in [3.8, 4) is 0 Å². The summed E-state index contributed by atoms with van der Waals surface area (Å²) in [7, 11) is 3.81. The SMILES string of the molecule is CCN(CC)C(=O)CN(C)C(=NCc1ccccc1)NCc1nnc(C)n1C.I. The molecule has 2 rings (SSSR count). The van der Waals surface area contributed by atoms with Gasteiger partial charge in [-0.15, -0.1) is 34.2 Å². The van der Waals surface area contributed by atoms with Crippen LogP contribution in [-0.4, -0.2) is 63.1 Å². The number of nitrogens with one attached hydrogen (secondary N) is 1. The predicted molar refractivity (Wildman–Crippen MR) is 126 cm³/mol. The first-order valence-electron chi connectivity index (χ1n) is 9.62. The van der Waals surface area contributed by atoms with Crippen molar-refractivity contribution in [3.63, 3.8) is 0 Å². The van der Waals surface area contributed by atoms with Gasteiger partial charge in [-0.1, -0.05) is 30.3 Å². The van der Waals surface area contributed by atoms with E-state index < -0.39 is 0 Å². The van der Waals surface area contributed by atoms with E-state index >= 15 is 0 Å². The van der Waals surface area contributed by atoms with E-state index in [-0.39, 0.29) is 36.4 Å². The lowest BCUT2D eigenvalue weighted by molar-refractivity contribution is -0.131. The van der Waals surface area contributed by atoms with Crippen LogP contribution >= 0.6 is 24.0 Å². The molecule has 0 aliphatic carbocycles. The summed E-state index contributed by atoms with van der Waals surface area (Å²) in [5.41, 5.74) is 1.11. The maximum Gasteiger partial charge on any atom is 0.242 e. The standard InChI is InChI=1S/C20H31N7O.HI/c1-6-27(7-2)19(28)15-25(4)20(21-13-17-11-9-8-10-12-17)22-14-18-24-23-16(3)26(18)5;/h8-12H,6-7,13-15H2,1-5H3,(H,21,22);1H. The van der Waals surface area contributed by atoms with Crippen LogP contribution in [0.25, 0.3) is 0 Å². The fourth-order valence-electron chi connectivity index (χ4n) is 2.78. The largest absolute Gasteiger partial charge is 0.349 e. The number of carbonyl (C=O) groups excluding carboxylic acids is 1. The molecule has 0 radical (unpaired) electrons. The molecule has 0 bridgehead atoms. The van der Waals surface area contributed by atoms with E-state index in [1.165, 1.54) is 0 Å². The number of aromatic nitrogens is 3. The number of aliphatic imine (C=N–C) groups is 1. The molecular formula is C20H32IN7O. The first-order valence-corrected chi connectivity index (χ1v) is 9.62. The van der Waals surface area contributed by atoms with Gasteiger partial charge in [0, 0.05) is 27.2 Å². The zero-order chi connectivity index (χ0) is 20.5. The van der Waals surface area contributed by atoms with Gasteiger partial charge in [-0.05, 0) is 26.3 Å². The molecule has 2 aromatic rings. The highest BCUT2D eigenvalue weighted by Crippen LogP contribution is 2.03. The van der Waals surface area contributed by atoms with Gasteiger partial charge in [-0.3, -0.25) is 4.79 Å². The fourth-order valence-corrected chi connectivity index (χ4v) is 2.78. The average molecular weight is 513 g/mol. The van der Waals surface area contributed by atoms with E-state index in [1.807, 2.05) is 79.6 Å². The summed E-state index contributed by atoms with van der Waals surface area (Å²) >= 11 is 0. The van der Waals surface area contributed by atoms with Crippen molar-refractivity contribution >= 4 is 35.8 Å². The Morgan fingerprint density at radius 2 is 1.83 bits per heavy atom. The summed E-state index contributed by atoms with van der Waals surface area (Å²) in [4.78, 5) is 20.9. The van der Waals surface area contributed by atoms with E-state index in [4.69, 9.17) is 4.99 Å². The second-order valence-electron chi connectivity index (χ2n) is 6.62. The average Bonchev–Trinajstić information content (AvgIpc) is 3.01. The second kappa shape index (κ2) is 12.4. The van der Waals surface area contributed by atoms with Gasteiger partial charge >= 0.3 is 0 Å². The Morgan fingerprint density at radius 1 is 1.17 bits per heavy atom. The van der Waals surface area contributed by atoms with Crippen molar-refractivity contribution in [1.29, 1.82) is 0 Å². The van der Waals surface area contributed by atoms with Crippen molar-refractivity contribution in [2.45, 2.75) is 33.9 Å². The lowest BCUT2D eigenvalue weighted by Crippen LogP contribution is -2.45. The summed E-state index contributed by atoms with van der Waals surface area (Å²) in [6.45, 7) is 8.56. The fraction of sp³-hybridized carbons (Fsp3) is 0.500. The number of nitrogens with zero attached hydrogens (tertiary/aromatic N) is 6. The van der Waals surface area contributed by atoms with Crippen LogP contribution in [0.5, 0.6) is 0 Å². The molecule has 1 N–H and O–H groups in total. The molecule has 160 valence electrons. The van der Waals surface area contributed by atoms with Gasteiger partial charge in [-0.2, -0.15) is 0 Å². The minimum atomic E-state index is 0. The van der Waals surface area contributed by atoms with Crippen LogP contribution < -0.4 is 5.32 Å². The molecule has 0 aliphatic heterocycles. The lowest BCUT2D eigenvalue weighted by Gasteiger charge is -2.26. The highest BCUT2D eigenvalue weighted by molar-refractivity contribution is 14.0. The van der Waals surface area contributed by atoms with Crippen LogP contribution in [0.3, 0.4) is 0 Å². The summed E-state index contributed by atoms with van der Waals surface area (Å²) in [5, 5.41) is 11.6. The molecule has 1 aromatic heterocycles. The minimum absolute atomic E-state index is 0. The van der Waals surface area contributed by atoms with E-state index in [1.54, 1.807) is 0 Å². The number of likely N-dealkylation sites (N-methyl/N-ethyl adjacent to an activating group) is 2. The van der Waals surface area contributed by atoms with Crippen molar-refractivity contribution in [3.05, 3.63) is 47.5 Å². The third-order valence-corrected chi connectivity index (χ3v) is 4.69. The van der Waals surface area contributed by atoms with Crippen LogP contribution in [0.2, 0.25) is 0 Å². The van der Waals surface area contributed by atoms with Gasteiger partial charge in [0.15, 0.2) is 11.8 Å². The molecule has 9 heteroatoms. The van der Waals surface area contributed by atoms with Crippen molar-refractivity contribution in [2.24, 2.45) is 12.0 Å². The first kappa shape index (κ1) is 24.9. The van der Waals surface area contributed by atoms with Crippen LogP contribution in [-0.2, 0) is 24.9 Å². The number of hydrogen-bond donors (Lipinski definition) is 1. The molecule has 0 saturated carbocycles. The Hall–Kier alpha value is -2.17. The Morgan fingerprint density at radius 3 is 2.38 bits per heavy atom. The van der Waals surface area contributed by atoms with Crippen LogP contribution in [0.4, 0.5) is 0 Å². The number of halogens is 1. The third kappa shape index (κ3) is 7.30. The monoisotopic (exact) mass is 513 g/mol. The molecule has 8 nitrogen and oxygen atoms in total. The van der Waals surface area contributed by atoms with Crippen LogP contribution in [0.15, 0.2) is 35.3 Å². The second-order valence-corrected chi connectivity index (χ2v) is 6.62. The zero-order valence-electron chi connectivity index (χ0n) is 17.9.